The van der Waals surface area contributed by atoms with Gasteiger partial charge < -0.3 is 9.84 Å². The second-order valence-electron chi connectivity index (χ2n) is 4.90. The zero-order chi connectivity index (χ0) is 13.0. The first-order chi connectivity index (χ1) is 7.99. The molecule has 1 N–H and O–H groups in total. The van der Waals surface area contributed by atoms with Crippen LogP contribution in [0.5, 0.6) is 0 Å². The van der Waals surface area contributed by atoms with Gasteiger partial charge in [-0.05, 0) is 32.8 Å². The molecule has 0 fully saturated rings. The Balaban J connectivity index is 2.92. The lowest BCUT2D eigenvalue weighted by Gasteiger charge is -2.27. The lowest BCUT2D eigenvalue weighted by Crippen LogP contribution is -2.29. The van der Waals surface area contributed by atoms with Gasteiger partial charge in [0.1, 0.15) is 6.10 Å². The van der Waals surface area contributed by atoms with Crippen molar-refractivity contribution in [3.63, 3.8) is 0 Å². The second-order valence-corrected chi connectivity index (χ2v) is 4.90. The van der Waals surface area contributed by atoms with Gasteiger partial charge >= 0.3 is 0 Å². The minimum Gasteiger partial charge on any atom is -0.384 e. The lowest BCUT2D eigenvalue weighted by atomic mass is 9.99. The van der Waals surface area contributed by atoms with Gasteiger partial charge in [-0.15, -0.1) is 0 Å². The fourth-order valence-electron chi connectivity index (χ4n) is 2.00. The Morgan fingerprint density at radius 3 is 2.47 bits per heavy atom. The van der Waals surface area contributed by atoms with Crippen molar-refractivity contribution >= 4 is 0 Å². The van der Waals surface area contributed by atoms with Crippen LogP contribution in [0.1, 0.15) is 52.5 Å². The van der Waals surface area contributed by atoms with Gasteiger partial charge in [0.2, 0.25) is 0 Å². The van der Waals surface area contributed by atoms with Crippen molar-refractivity contribution in [2.45, 2.75) is 52.9 Å². The highest BCUT2D eigenvalue weighted by molar-refractivity contribution is 5.07. The van der Waals surface area contributed by atoms with Crippen molar-refractivity contribution in [2.75, 3.05) is 6.61 Å². The number of rotatable bonds is 6. The Labute approximate surface area is 104 Å². The molecule has 1 aromatic heterocycles. The summed E-state index contributed by atoms with van der Waals surface area (Å²) in [5, 5.41) is 14.7. The first kappa shape index (κ1) is 14.2. The average molecular weight is 240 g/mol. The van der Waals surface area contributed by atoms with Crippen molar-refractivity contribution in [1.82, 2.24) is 9.78 Å². The summed E-state index contributed by atoms with van der Waals surface area (Å²) >= 11 is 0. The van der Waals surface area contributed by atoms with E-state index in [1.165, 1.54) is 0 Å². The maximum atomic E-state index is 10.4. The van der Waals surface area contributed by atoms with Gasteiger partial charge in [-0.3, -0.25) is 4.68 Å². The summed E-state index contributed by atoms with van der Waals surface area (Å²) in [6.07, 6.45) is 0.913. The summed E-state index contributed by atoms with van der Waals surface area (Å²) in [5.41, 5.74) is 0.826. The van der Waals surface area contributed by atoms with Gasteiger partial charge in [0, 0.05) is 18.8 Å². The molecule has 0 radical (unpaired) electrons. The first-order valence-electron chi connectivity index (χ1n) is 6.32. The molecule has 4 nitrogen and oxygen atoms in total. The summed E-state index contributed by atoms with van der Waals surface area (Å²) in [4.78, 5) is 0. The molecule has 1 aromatic rings. The number of hydrogen-bond donors (Lipinski definition) is 1. The van der Waals surface area contributed by atoms with Gasteiger partial charge in [-0.2, -0.15) is 5.10 Å². The van der Waals surface area contributed by atoms with E-state index in [0.29, 0.717) is 6.61 Å². The largest absolute Gasteiger partial charge is 0.384 e. The molecule has 0 spiro atoms. The van der Waals surface area contributed by atoms with Crippen LogP contribution in [0.25, 0.3) is 0 Å². The van der Waals surface area contributed by atoms with Crippen molar-refractivity contribution in [3.05, 3.63) is 18.0 Å². The normalized spacial score (nSPS) is 15.5. The van der Waals surface area contributed by atoms with E-state index in [0.717, 1.165) is 5.69 Å². The van der Waals surface area contributed by atoms with Crippen LogP contribution in [0.4, 0.5) is 0 Å². The number of aliphatic hydroxyl groups is 1. The number of hydrogen-bond acceptors (Lipinski definition) is 3. The van der Waals surface area contributed by atoms with Crippen LogP contribution in [-0.4, -0.2) is 27.6 Å². The number of aliphatic hydroxyl groups excluding tert-OH is 1. The minimum atomic E-state index is -0.625. The third-order valence-electron chi connectivity index (χ3n) is 2.82. The van der Waals surface area contributed by atoms with Crippen molar-refractivity contribution < 1.29 is 9.84 Å². The van der Waals surface area contributed by atoms with E-state index in [1.807, 2.05) is 31.5 Å². The molecule has 0 saturated carbocycles. The van der Waals surface area contributed by atoms with Gasteiger partial charge in [0.15, 0.2) is 0 Å². The van der Waals surface area contributed by atoms with Gasteiger partial charge in [-0.1, -0.05) is 13.8 Å². The lowest BCUT2D eigenvalue weighted by molar-refractivity contribution is -0.0620. The van der Waals surface area contributed by atoms with Crippen molar-refractivity contribution in [3.8, 4) is 0 Å². The molecule has 1 rings (SSSR count). The van der Waals surface area contributed by atoms with Crippen LogP contribution in [0, 0.1) is 5.92 Å². The number of nitrogens with zero attached hydrogens (tertiary/aromatic N) is 2. The molecule has 0 aliphatic rings. The van der Waals surface area contributed by atoms with Crippen LogP contribution in [-0.2, 0) is 4.74 Å². The van der Waals surface area contributed by atoms with Crippen LogP contribution >= 0.6 is 0 Å². The zero-order valence-electron chi connectivity index (χ0n) is 11.4. The molecule has 17 heavy (non-hydrogen) atoms. The van der Waals surface area contributed by atoms with Crippen molar-refractivity contribution in [1.29, 1.82) is 0 Å². The van der Waals surface area contributed by atoms with E-state index in [9.17, 15) is 5.11 Å². The van der Waals surface area contributed by atoms with Crippen LogP contribution < -0.4 is 0 Å². The maximum absolute atomic E-state index is 10.4. The highest BCUT2D eigenvalue weighted by atomic mass is 16.5. The standard InChI is InChI=1S/C13H24N2O2/c1-6-17-13(9(2)3)12(16)11-7-8-14-15(11)10(4)5/h7-10,12-13,16H,6H2,1-5H3. The molecular formula is C13H24N2O2. The molecule has 0 bridgehead atoms. The summed E-state index contributed by atoms with van der Waals surface area (Å²) in [6, 6.07) is 2.10. The fourth-order valence-corrected chi connectivity index (χ4v) is 2.00. The molecule has 0 aliphatic heterocycles. The topological polar surface area (TPSA) is 47.3 Å². The summed E-state index contributed by atoms with van der Waals surface area (Å²) < 4.78 is 7.48. The average Bonchev–Trinajstić information content (AvgIpc) is 2.73. The smallest absolute Gasteiger partial charge is 0.122 e. The highest BCUT2D eigenvalue weighted by Crippen LogP contribution is 2.26. The molecule has 0 aromatic carbocycles. The summed E-state index contributed by atoms with van der Waals surface area (Å²) in [7, 11) is 0. The fraction of sp³-hybridized carbons (Fsp3) is 0.769. The number of ether oxygens (including phenoxy) is 1. The number of aromatic nitrogens is 2. The highest BCUT2D eigenvalue weighted by Gasteiger charge is 2.27. The Bertz CT molecular complexity index is 334. The maximum Gasteiger partial charge on any atom is 0.122 e. The van der Waals surface area contributed by atoms with Gasteiger partial charge in [0.25, 0.3) is 0 Å². The summed E-state index contributed by atoms with van der Waals surface area (Å²) in [6.45, 7) is 10.8. The molecule has 98 valence electrons. The molecule has 0 amide bonds. The van der Waals surface area contributed by atoms with Crippen LogP contribution in [0.2, 0.25) is 0 Å². The molecular weight excluding hydrogens is 216 g/mol. The molecule has 0 saturated heterocycles. The van der Waals surface area contributed by atoms with Crippen LogP contribution in [0.3, 0.4) is 0 Å². The Morgan fingerprint density at radius 2 is 2.00 bits per heavy atom. The Hall–Kier alpha value is -0.870. The monoisotopic (exact) mass is 240 g/mol. The molecule has 0 aliphatic carbocycles. The molecule has 2 unspecified atom stereocenters. The van der Waals surface area contributed by atoms with Gasteiger partial charge in [-0.25, -0.2) is 0 Å². The predicted octanol–water partition coefficient (Wildman–Crippen LogP) is 2.56. The Kier molecular flexibility index (Phi) is 5.15. The van der Waals surface area contributed by atoms with E-state index in [2.05, 4.69) is 18.9 Å². The van der Waals surface area contributed by atoms with E-state index in [1.54, 1.807) is 6.20 Å². The quantitative estimate of drug-likeness (QED) is 0.831. The second kappa shape index (κ2) is 6.17. The minimum absolute atomic E-state index is 0.186. The van der Waals surface area contributed by atoms with E-state index < -0.39 is 6.10 Å². The SMILES string of the molecule is CCOC(C(C)C)C(O)c1ccnn1C(C)C. The van der Waals surface area contributed by atoms with E-state index >= 15 is 0 Å². The van der Waals surface area contributed by atoms with E-state index in [4.69, 9.17) is 4.74 Å². The third-order valence-corrected chi connectivity index (χ3v) is 2.82. The third kappa shape index (κ3) is 3.30. The molecule has 1 heterocycles. The van der Waals surface area contributed by atoms with E-state index in [-0.39, 0.29) is 18.1 Å². The zero-order valence-corrected chi connectivity index (χ0v) is 11.4. The predicted molar refractivity (Wildman–Crippen MR) is 67.8 cm³/mol. The van der Waals surface area contributed by atoms with Crippen molar-refractivity contribution in [2.24, 2.45) is 5.92 Å². The van der Waals surface area contributed by atoms with Crippen LogP contribution in [0.15, 0.2) is 12.3 Å². The molecule has 2 atom stereocenters. The first-order valence-corrected chi connectivity index (χ1v) is 6.32. The Morgan fingerprint density at radius 1 is 1.35 bits per heavy atom. The molecule has 4 heteroatoms. The van der Waals surface area contributed by atoms with Gasteiger partial charge in [0.05, 0.1) is 11.8 Å². The summed E-state index contributed by atoms with van der Waals surface area (Å²) in [5.74, 6) is 0.264.